The number of rotatable bonds is 6. The third-order valence-electron chi connectivity index (χ3n) is 7.54. The highest BCUT2D eigenvalue weighted by Gasteiger charge is 2.23. The van der Waals surface area contributed by atoms with E-state index in [1.165, 1.54) is 12.0 Å². The minimum Gasteiger partial charge on any atom is -0.381 e. The van der Waals surface area contributed by atoms with E-state index in [2.05, 4.69) is 52.5 Å². The maximum atomic E-state index is 13.8. The zero-order valence-electron chi connectivity index (χ0n) is 24.1. The maximum Gasteiger partial charge on any atom is 0.334 e. The lowest BCUT2D eigenvalue weighted by Gasteiger charge is -2.22. The van der Waals surface area contributed by atoms with Crippen LogP contribution in [0.3, 0.4) is 0 Å². The molecule has 0 atom stereocenters. The minimum atomic E-state index is 0. The molecule has 0 radical (unpaired) electrons. The molecule has 0 unspecified atom stereocenters. The molecule has 40 heavy (non-hydrogen) atoms. The number of aromatic amines is 1. The van der Waals surface area contributed by atoms with E-state index in [4.69, 9.17) is 9.72 Å². The number of hydrogen-bond acceptors (Lipinski definition) is 6. The second kappa shape index (κ2) is 13.6. The van der Waals surface area contributed by atoms with Gasteiger partial charge < -0.3 is 19.9 Å². The fourth-order valence-electron chi connectivity index (χ4n) is 5.62. The van der Waals surface area contributed by atoms with Crippen molar-refractivity contribution in [3.8, 4) is 11.1 Å². The van der Waals surface area contributed by atoms with Gasteiger partial charge in [0.25, 0.3) is 0 Å². The zero-order valence-corrected chi connectivity index (χ0v) is 24.9. The van der Waals surface area contributed by atoms with Gasteiger partial charge in [0.2, 0.25) is 0 Å². The number of imidazole rings is 1. The van der Waals surface area contributed by atoms with Crippen molar-refractivity contribution in [2.75, 3.05) is 41.4 Å². The van der Waals surface area contributed by atoms with Crippen molar-refractivity contribution in [1.82, 2.24) is 34.3 Å². The number of aromatic nitrogens is 5. The summed E-state index contributed by atoms with van der Waals surface area (Å²) in [5, 5.41) is 3.87. The first-order chi connectivity index (χ1) is 19.0. The first kappa shape index (κ1) is 30.0. The Labute approximate surface area is 242 Å². The topological polar surface area (TPSA) is 93.0 Å². The molecule has 216 valence electrons. The smallest absolute Gasteiger partial charge is 0.334 e. The molecule has 2 N–H and O–H groups in total. The molecule has 1 saturated heterocycles. The number of pyridine rings is 2. The Morgan fingerprint density at radius 3 is 2.52 bits per heavy atom. The molecular formula is C30H42ClN7O2. The van der Waals surface area contributed by atoms with Gasteiger partial charge in [0.1, 0.15) is 5.65 Å². The second-order valence-electron chi connectivity index (χ2n) is 11.0. The van der Waals surface area contributed by atoms with Gasteiger partial charge in [-0.2, -0.15) is 0 Å². The number of halogens is 1. The lowest BCUT2D eigenvalue weighted by Crippen LogP contribution is -2.29. The number of hydrogen-bond donors (Lipinski definition) is 2. The van der Waals surface area contributed by atoms with Crippen LogP contribution in [0.2, 0.25) is 0 Å². The van der Waals surface area contributed by atoms with Crippen LogP contribution in [0.4, 0.5) is 0 Å². The monoisotopic (exact) mass is 567 g/mol. The molecule has 4 aromatic heterocycles. The van der Waals surface area contributed by atoms with Crippen molar-refractivity contribution in [2.24, 2.45) is 5.92 Å². The Balaban J connectivity index is 0.000000886. The van der Waals surface area contributed by atoms with Crippen LogP contribution < -0.4 is 11.0 Å². The summed E-state index contributed by atoms with van der Waals surface area (Å²) < 4.78 is 9.38. The standard InChI is InChI=1S/C28H34N6O2.C2H7N.ClH/c1-32(2)18-22-16-30-26-24(22)12-20(14-29-26)21-13-25-27(31-15-21)34(23-6-4-3-5-7-23)28(35)33(25)17-19-8-10-36-11-9-19;1-3-2;/h6,12-16,19H,3-5,7-11,17-18H2,1-2H3,(H,29,30);3H,1-2H3;1H. The van der Waals surface area contributed by atoms with Crippen molar-refractivity contribution in [1.29, 1.82) is 0 Å². The lowest BCUT2D eigenvalue weighted by molar-refractivity contribution is 0.0613. The zero-order chi connectivity index (χ0) is 27.4. The van der Waals surface area contributed by atoms with Gasteiger partial charge in [-0.1, -0.05) is 6.08 Å². The van der Waals surface area contributed by atoms with Crippen LogP contribution in [0, 0.1) is 5.92 Å². The molecule has 10 heteroatoms. The number of allylic oxidation sites excluding steroid dienone is 2. The summed E-state index contributed by atoms with van der Waals surface area (Å²) in [7, 11) is 7.89. The Morgan fingerprint density at radius 1 is 1.10 bits per heavy atom. The summed E-state index contributed by atoms with van der Waals surface area (Å²) in [4.78, 5) is 28.8. The Bertz CT molecular complexity index is 1510. The highest BCUT2D eigenvalue weighted by atomic mass is 35.5. The van der Waals surface area contributed by atoms with Crippen molar-refractivity contribution in [3.05, 3.63) is 52.8 Å². The number of nitrogens with one attached hydrogen (secondary N) is 2. The predicted molar refractivity (Wildman–Crippen MR) is 165 cm³/mol. The van der Waals surface area contributed by atoms with Crippen LogP contribution in [0.15, 0.2) is 41.6 Å². The van der Waals surface area contributed by atoms with E-state index in [-0.39, 0.29) is 18.1 Å². The third kappa shape index (κ3) is 6.33. The predicted octanol–water partition coefficient (Wildman–Crippen LogP) is 4.90. The van der Waals surface area contributed by atoms with Gasteiger partial charge in [-0.05, 0) is 90.3 Å². The van der Waals surface area contributed by atoms with Crippen molar-refractivity contribution in [3.63, 3.8) is 0 Å². The van der Waals surface area contributed by atoms with Gasteiger partial charge in [-0.15, -0.1) is 12.4 Å². The van der Waals surface area contributed by atoms with E-state index in [0.717, 1.165) is 90.9 Å². The molecule has 1 aliphatic heterocycles. The van der Waals surface area contributed by atoms with Gasteiger partial charge in [-0.3, -0.25) is 4.57 Å². The molecule has 0 bridgehead atoms. The van der Waals surface area contributed by atoms with Gasteiger partial charge in [0.15, 0.2) is 5.65 Å². The summed E-state index contributed by atoms with van der Waals surface area (Å²) in [5.74, 6) is 0.436. The van der Waals surface area contributed by atoms with E-state index in [1.807, 2.05) is 41.8 Å². The highest BCUT2D eigenvalue weighted by molar-refractivity contribution is 5.87. The minimum absolute atomic E-state index is 0. The van der Waals surface area contributed by atoms with Crippen molar-refractivity contribution < 1.29 is 4.74 Å². The molecule has 0 saturated carbocycles. The molecule has 2 aliphatic rings. The van der Waals surface area contributed by atoms with Gasteiger partial charge >= 0.3 is 5.69 Å². The molecule has 4 aromatic rings. The van der Waals surface area contributed by atoms with E-state index in [0.29, 0.717) is 12.5 Å². The summed E-state index contributed by atoms with van der Waals surface area (Å²) in [6, 6.07) is 4.31. The van der Waals surface area contributed by atoms with E-state index >= 15 is 0 Å². The molecule has 0 spiro atoms. The largest absolute Gasteiger partial charge is 0.381 e. The summed E-state index contributed by atoms with van der Waals surface area (Å²) in [6.07, 6.45) is 14.2. The molecule has 6 rings (SSSR count). The lowest BCUT2D eigenvalue weighted by atomic mass is 10.0. The quantitative estimate of drug-likeness (QED) is 0.344. The fraction of sp³-hybridized carbons (Fsp3) is 0.500. The van der Waals surface area contributed by atoms with E-state index in [1.54, 1.807) is 0 Å². The Morgan fingerprint density at radius 2 is 1.82 bits per heavy atom. The number of ether oxygens (including phenoxy) is 1. The van der Waals surface area contributed by atoms with Crippen molar-refractivity contribution in [2.45, 2.75) is 51.6 Å². The third-order valence-corrected chi connectivity index (χ3v) is 7.54. The van der Waals surface area contributed by atoms with Crippen LogP contribution in [-0.4, -0.2) is 70.4 Å². The van der Waals surface area contributed by atoms with Gasteiger partial charge in [-0.25, -0.2) is 19.3 Å². The summed E-state index contributed by atoms with van der Waals surface area (Å²) >= 11 is 0. The van der Waals surface area contributed by atoms with Gasteiger partial charge in [0.05, 0.1) is 5.52 Å². The normalized spacial score (nSPS) is 16.1. The maximum absolute atomic E-state index is 13.8. The molecule has 9 nitrogen and oxygen atoms in total. The number of nitrogens with zero attached hydrogens (tertiary/aromatic N) is 5. The van der Waals surface area contributed by atoms with Crippen LogP contribution in [0.1, 0.15) is 44.1 Å². The summed E-state index contributed by atoms with van der Waals surface area (Å²) in [6.45, 7) is 3.08. The fourth-order valence-corrected chi connectivity index (χ4v) is 5.62. The van der Waals surface area contributed by atoms with Crippen LogP contribution in [0.5, 0.6) is 0 Å². The highest BCUT2D eigenvalue weighted by Crippen LogP contribution is 2.30. The summed E-state index contributed by atoms with van der Waals surface area (Å²) in [5.41, 5.74) is 6.86. The average molecular weight is 568 g/mol. The molecule has 0 amide bonds. The Kier molecular flexibility index (Phi) is 10.2. The van der Waals surface area contributed by atoms with Crippen LogP contribution in [-0.2, 0) is 17.8 Å². The molecule has 5 heterocycles. The second-order valence-corrected chi connectivity index (χ2v) is 11.0. The SMILES string of the molecule is CN(C)Cc1c[nH]c2ncc(-c3cnc4c(c3)n(CC3CCOCC3)c(=O)n4C3=CCCCC3)cc12.CNC.Cl. The Hall–Kier alpha value is -2.98. The average Bonchev–Trinajstić information content (AvgIpc) is 3.47. The van der Waals surface area contributed by atoms with E-state index < -0.39 is 0 Å². The first-order valence-electron chi connectivity index (χ1n) is 14.1. The van der Waals surface area contributed by atoms with Crippen LogP contribution in [0.25, 0.3) is 39.0 Å². The first-order valence-corrected chi connectivity index (χ1v) is 14.1. The number of fused-ring (bicyclic) bond motifs is 2. The van der Waals surface area contributed by atoms with Crippen LogP contribution >= 0.6 is 12.4 Å². The van der Waals surface area contributed by atoms with E-state index in [9.17, 15) is 4.79 Å². The van der Waals surface area contributed by atoms with Gasteiger partial charge in [0, 0.05) is 67.1 Å². The number of H-pyrrole nitrogens is 1. The molecule has 0 aromatic carbocycles. The molecular weight excluding hydrogens is 526 g/mol. The van der Waals surface area contributed by atoms with Crippen molar-refractivity contribution >= 4 is 40.3 Å². The molecule has 1 fully saturated rings. The molecule has 1 aliphatic carbocycles.